The molecule has 0 bridgehead atoms. The molecular weight excluding hydrogens is 222 g/mol. The highest BCUT2D eigenvalue weighted by atomic mass is 32.2. The number of nitrogens with zero attached hydrogens (tertiary/aromatic N) is 1. The lowest BCUT2D eigenvalue weighted by atomic mass is 10.2. The Morgan fingerprint density at radius 3 is 2.60 bits per heavy atom. The van der Waals surface area contributed by atoms with Gasteiger partial charge in [0.25, 0.3) is 0 Å². The summed E-state index contributed by atoms with van der Waals surface area (Å²) in [6.45, 7) is 9.01. The van der Waals surface area contributed by atoms with E-state index >= 15 is 0 Å². The van der Waals surface area contributed by atoms with Crippen LogP contribution in [0.5, 0.6) is 0 Å². The summed E-state index contributed by atoms with van der Waals surface area (Å²) >= 11 is 3.88. The maximum absolute atomic E-state index is 4.45. The molecule has 1 aromatic heterocycles. The average Bonchev–Trinajstić information content (AvgIpc) is 2.60. The topological polar surface area (TPSA) is 12.9 Å². The fraction of sp³-hybridized carbons (Fsp3) is 0.750. The van der Waals surface area contributed by atoms with Crippen LogP contribution in [0.15, 0.2) is 6.20 Å². The van der Waals surface area contributed by atoms with Crippen LogP contribution in [-0.4, -0.2) is 10.7 Å². The first-order chi connectivity index (χ1) is 7.09. The van der Waals surface area contributed by atoms with Crippen molar-refractivity contribution in [3.8, 4) is 0 Å². The average molecular weight is 243 g/mol. The van der Waals surface area contributed by atoms with Gasteiger partial charge in [-0.3, -0.25) is 0 Å². The second kappa shape index (κ2) is 6.54. The van der Waals surface area contributed by atoms with Crippen molar-refractivity contribution in [3.05, 3.63) is 16.1 Å². The quantitative estimate of drug-likeness (QED) is 0.680. The fourth-order valence-electron chi connectivity index (χ4n) is 1.14. The van der Waals surface area contributed by atoms with Gasteiger partial charge in [-0.15, -0.1) is 11.3 Å². The van der Waals surface area contributed by atoms with E-state index in [9.17, 15) is 0 Å². The van der Waals surface area contributed by atoms with Crippen LogP contribution in [0.25, 0.3) is 0 Å². The van der Waals surface area contributed by atoms with E-state index in [1.807, 2.05) is 29.3 Å². The van der Waals surface area contributed by atoms with Crippen molar-refractivity contribution < 1.29 is 0 Å². The Balaban J connectivity index is 2.26. The standard InChI is InChI=1S/C12H21NS2/c1-9(2)5-6-14-8-12-13-7-11(15-12)10(3)4/h7,9-10H,5-6,8H2,1-4H3. The van der Waals surface area contributed by atoms with Gasteiger partial charge in [-0.05, 0) is 24.0 Å². The third-order valence-corrected chi connectivity index (χ3v) is 4.69. The molecule has 0 saturated carbocycles. The Morgan fingerprint density at radius 2 is 2.07 bits per heavy atom. The van der Waals surface area contributed by atoms with E-state index < -0.39 is 0 Å². The first-order valence-electron chi connectivity index (χ1n) is 5.62. The van der Waals surface area contributed by atoms with Crippen molar-refractivity contribution in [2.45, 2.75) is 45.8 Å². The summed E-state index contributed by atoms with van der Waals surface area (Å²) in [6, 6.07) is 0. The summed E-state index contributed by atoms with van der Waals surface area (Å²) in [5, 5.41) is 1.28. The summed E-state index contributed by atoms with van der Waals surface area (Å²) in [4.78, 5) is 5.86. The predicted octanol–water partition coefficient (Wildman–Crippen LogP) is 4.55. The van der Waals surface area contributed by atoms with Gasteiger partial charge < -0.3 is 0 Å². The van der Waals surface area contributed by atoms with E-state index in [0.717, 1.165) is 11.7 Å². The molecule has 1 rings (SSSR count). The summed E-state index contributed by atoms with van der Waals surface area (Å²) in [5.74, 6) is 3.79. The van der Waals surface area contributed by atoms with Gasteiger partial charge in [-0.2, -0.15) is 11.8 Å². The van der Waals surface area contributed by atoms with Crippen LogP contribution in [-0.2, 0) is 5.75 Å². The molecule has 0 atom stereocenters. The van der Waals surface area contributed by atoms with Crippen LogP contribution < -0.4 is 0 Å². The molecule has 3 heteroatoms. The van der Waals surface area contributed by atoms with Crippen LogP contribution in [0.2, 0.25) is 0 Å². The van der Waals surface area contributed by atoms with Crippen molar-refractivity contribution in [3.63, 3.8) is 0 Å². The Hall–Kier alpha value is -0.0200. The van der Waals surface area contributed by atoms with Crippen LogP contribution in [0.1, 0.15) is 49.9 Å². The number of thiazole rings is 1. The van der Waals surface area contributed by atoms with Gasteiger partial charge in [0.2, 0.25) is 0 Å². The number of thioether (sulfide) groups is 1. The van der Waals surface area contributed by atoms with Crippen molar-refractivity contribution in [1.29, 1.82) is 0 Å². The van der Waals surface area contributed by atoms with Crippen LogP contribution in [0, 0.1) is 5.92 Å². The third kappa shape index (κ3) is 5.03. The molecule has 0 aliphatic heterocycles. The molecule has 0 unspecified atom stereocenters. The fourth-order valence-corrected chi connectivity index (χ4v) is 3.37. The van der Waals surface area contributed by atoms with Gasteiger partial charge in [0.15, 0.2) is 0 Å². The molecule has 0 radical (unpaired) electrons. The van der Waals surface area contributed by atoms with Gasteiger partial charge in [0.1, 0.15) is 5.01 Å². The van der Waals surface area contributed by atoms with Gasteiger partial charge in [-0.25, -0.2) is 4.98 Å². The zero-order valence-corrected chi connectivity index (χ0v) is 11.8. The van der Waals surface area contributed by atoms with Crippen LogP contribution in [0.3, 0.4) is 0 Å². The summed E-state index contributed by atoms with van der Waals surface area (Å²) in [6.07, 6.45) is 3.35. The molecule has 86 valence electrons. The van der Waals surface area contributed by atoms with Gasteiger partial charge in [-0.1, -0.05) is 27.7 Å². The number of hydrogen-bond acceptors (Lipinski definition) is 3. The lowest BCUT2D eigenvalue weighted by Crippen LogP contribution is -1.89. The monoisotopic (exact) mass is 243 g/mol. The van der Waals surface area contributed by atoms with E-state index in [1.54, 1.807) is 0 Å². The van der Waals surface area contributed by atoms with Crippen molar-refractivity contribution in [2.75, 3.05) is 5.75 Å². The predicted molar refractivity (Wildman–Crippen MR) is 71.8 cm³/mol. The molecule has 0 fully saturated rings. The van der Waals surface area contributed by atoms with E-state index in [4.69, 9.17) is 0 Å². The maximum Gasteiger partial charge on any atom is 0.103 e. The molecule has 0 aromatic carbocycles. The summed E-state index contributed by atoms with van der Waals surface area (Å²) in [7, 11) is 0. The Bertz CT molecular complexity index is 279. The molecular formula is C12H21NS2. The van der Waals surface area contributed by atoms with Crippen LogP contribution in [0.4, 0.5) is 0 Å². The molecule has 0 amide bonds. The highest BCUT2D eigenvalue weighted by Crippen LogP contribution is 2.25. The number of rotatable bonds is 6. The minimum absolute atomic E-state index is 0.622. The first kappa shape index (κ1) is 13.0. The molecule has 0 aliphatic carbocycles. The highest BCUT2D eigenvalue weighted by Gasteiger charge is 2.05. The molecule has 0 aliphatic rings. The summed E-state index contributed by atoms with van der Waals surface area (Å²) < 4.78 is 0. The van der Waals surface area contributed by atoms with Crippen molar-refractivity contribution in [1.82, 2.24) is 4.98 Å². The van der Waals surface area contributed by atoms with Crippen molar-refractivity contribution in [2.24, 2.45) is 5.92 Å². The molecule has 0 spiro atoms. The first-order valence-corrected chi connectivity index (χ1v) is 7.59. The molecule has 15 heavy (non-hydrogen) atoms. The Morgan fingerprint density at radius 1 is 1.33 bits per heavy atom. The van der Waals surface area contributed by atoms with E-state index in [-0.39, 0.29) is 0 Å². The second-order valence-corrected chi connectivity index (χ2v) is 6.80. The molecule has 1 aromatic rings. The molecule has 1 heterocycles. The third-order valence-electron chi connectivity index (χ3n) is 2.21. The number of aromatic nitrogens is 1. The lowest BCUT2D eigenvalue weighted by molar-refractivity contribution is 0.632. The normalized spacial score (nSPS) is 11.6. The van der Waals surface area contributed by atoms with E-state index in [2.05, 4.69) is 32.7 Å². The molecule has 1 nitrogen and oxygen atoms in total. The van der Waals surface area contributed by atoms with Gasteiger partial charge in [0.05, 0.1) is 0 Å². The highest BCUT2D eigenvalue weighted by molar-refractivity contribution is 7.98. The molecule has 0 N–H and O–H groups in total. The minimum atomic E-state index is 0.622. The lowest BCUT2D eigenvalue weighted by Gasteiger charge is -2.02. The maximum atomic E-state index is 4.45. The SMILES string of the molecule is CC(C)CCSCc1ncc(C(C)C)s1. The van der Waals surface area contributed by atoms with Gasteiger partial charge >= 0.3 is 0 Å². The zero-order valence-electron chi connectivity index (χ0n) is 10.1. The second-order valence-electron chi connectivity index (χ2n) is 4.55. The van der Waals surface area contributed by atoms with Gasteiger partial charge in [0, 0.05) is 16.8 Å². The smallest absolute Gasteiger partial charge is 0.103 e. The summed E-state index contributed by atoms with van der Waals surface area (Å²) in [5.41, 5.74) is 0. The minimum Gasteiger partial charge on any atom is -0.249 e. The van der Waals surface area contributed by atoms with E-state index in [1.165, 1.54) is 22.1 Å². The molecule has 0 saturated heterocycles. The zero-order chi connectivity index (χ0) is 11.3. The Kier molecular flexibility index (Phi) is 5.69. The van der Waals surface area contributed by atoms with Crippen molar-refractivity contribution >= 4 is 23.1 Å². The van der Waals surface area contributed by atoms with E-state index in [0.29, 0.717) is 5.92 Å². The van der Waals surface area contributed by atoms with Crippen LogP contribution >= 0.6 is 23.1 Å². The number of hydrogen-bond donors (Lipinski definition) is 0. The Labute approximate surface area is 102 Å². The largest absolute Gasteiger partial charge is 0.249 e.